The van der Waals surface area contributed by atoms with Gasteiger partial charge in [0.05, 0.1) is 5.39 Å². The van der Waals surface area contributed by atoms with Gasteiger partial charge in [-0.3, -0.25) is 0 Å². The first kappa shape index (κ1) is 12.4. The van der Waals surface area contributed by atoms with E-state index in [0.717, 1.165) is 26.6 Å². The molecule has 0 radical (unpaired) electrons. The van der Waals surface area contributed by atoms with Gasteiger partial charge in [0.1, 0.15) is 17.0 Å². The molecule has 0 saturated heterocycles. The van der Waals surface area contributed by atoms with E-state index >= 15 is 0 Å². The molecule has 0 atom stereocenters. The van der Waals surface area contributed by atoms with Crippen LogP contribution in [0.25, 0.3) is 10.2 Å². The lowest BCUT2D eigenvalue weighted by Crippen LogP contribution is -2.02. The second kappa shape index (κ2) is 5.15. The second-order valence-corrected chi connectivity index (χ2v) is 5.89. The maximum atomic E-state index is 6.14. The van der Waals surface area contributed by atoms with Gasteiger partial charge in [-0.25, -0.2) is 9.97 Å². The lowest BCUT2D eigenvalue weighted by Gasteiger charge is -2.07. The fourth-order valence-corrected chi connectivity index (χ4v) is 2.99. The first-order valence-electron chi connectivity index (χ1n) is 5.92. The summed E-state index contributed by atoms with van der Waals surface area (Å²) in [6.45, 7) is 2.73. The average molecular weight is 290 g/mol. The molecule has 2 aromatic heterocycles. The van der Waals surface area contributed by atoms with Crippen LogP contribution in [0.2, 0.25) is 5.02 Å². The third-order valence-electron chi connectivity index (χ3n) is 2.86. The number of hydrogen-bond acceptors (Lipinski definition) is 4. The van der Waals surface area contributed by atoms with Crippen LogP contribution in [0.4, 0.5) is 5.82 Å². The average Bonchev–Trinajstić information content (AvgIpc) is 2.78. The summed E-state index contributed by atoms with van der Waals surface area (Å²) in [4.78, 5) is 10.8. The maximum absolute atomic E-state index is 6.14. The highest BCUT2D eigenvalue weighted by molar-refractivity contribution is 7.18. The number of aryl methyl sites for hydroxylation is 1. The molecule has 0 aliphatic rings. The van der Waals surface area contributed by atoms with E-state index in [-0.39, 0.29) is 0 Å². The topological polar surface area (TPSA) is 37.8 Å². The Balaban J connectivity index is 1.88. The van der Waals surface area contributed by atoms with Crippen LogP contribution in [-0.2, 0) is 6.54 Å². The number of aromatic nitrogens is 2. The standard InChI is InChI=1S/C14H12ClN3S/c1-9-6-11-13(17-8-18-14(11)19-9)16-7-10-4-2-3-5-12(10)15/h2-6,8H,7H2,1H3,(H,16,17,18). The Kier molecular flexibility index (Phi) is 3.36. The van der Waals surface area contributed by atoms with Gasteiger partial charge in [0, 0.05) is 16.4 Å². The molecule has 3 nitrogen and oxygen atoms in total. The molecule has 96 valence electrons. The summed E-state index contributed by atoms with van der Waals surface area (Å²) in [5.74, 6) is 0.856. The number of rotatable bonds is 3. The van der Waals surface area contributed by atoms with Crippen molar-refractivity contribution in [3.05, 3.63) is 52.1 Å². The third kappa shape index (κ3) is 2.55. The minimum absolute atomic E-state index is 0.653. The Morgan fingerprint density at radius 3 is 2.95 bits per heavy atom. The summed E-state index contributed by atoms with van der Waals surface area (Å²) in [5, 5.41) is 5.16. The molecule has 1 N–H and O–H groups in total. The summed E-state index contributed by atoms with van der Waals surface area (Å²) >= 11 is 7.82. The molecule has 3 aromatic rings. The molecular weight excluding hydrogens is 278 g/mol. The highest BCUT2D eigenvalue weighted by Crippen LogP contribution is 2.28. The number of nitrogens with zero attached hydrogens (tertiary/aromatic N) is 2. The molecule has 0 aliphatic carbocycles. The third-order valence-corrected chi connectivity index (χ3v) is 4.18. The van der Waals surface area contributed by atoms with E-state index in [1.54, 1.807) is 17.7 Å². The van der Waals surface area contributed by atoms with Crippen molar-refractivity contribution in [1.82, 2.24) is 9.97 Å². The molecule has 1 aromatic carbocycles. The van der Waals surface area contributed by atoms with Crippen molar-refractivity contribution in [3.8, 4) is 0 Å². The SMILES string of the molecule is Cc1cc2c(NCc3ccccc3Cl)ncnc2s1. The number of nitrogens with one attached hydrogen (secondary N) is 1. The van der Waals surface area contributed by atoms with Crippen molar-refractivity contribution in [2.24, 2.45) is 0 Å². The second-order valence-electron chi connectivity index (χ2n) is 4.24. The molecular formula is C14H12ClN3S. The van der Waals surface area contributed by atoms with Crippen LogP contribution in [-0.4, -0.2) is 9.97 Å². The molecule has 0 bridgehead atoms. The molecule has 0 spiro atoms. The molecule has 0 amide bonds. The zero-order valence-corrected chi connectivity index (χ0v) is 11.9. The van der Waals surface area contributed by atoms with Crippen molar-refractivity contribution in [2.75, 3.05) is 5.32 Å². The van der Waals surface area contributed by atoms with E-state index in [9.17, 15) is 0 Å². The van der Waals surface area contributed by atoms with Crippen molar-refractivity contribution < 1.29 is 0 Å². The summed E-state index contributed by atoms with van der Waals surface area (Å²) in [7, 11) is 0. The van der Waals surface area contributed by atoms with Crippen LogP contribution in [0.15, 0.2) is 36.7 Å². The first-order chi connectivity index (χ1) is 9.24. The van der Waals surface area contributed by atoms with Crippen LogP contribution < -0.4 is 5.32 Å². The number of hydrogen-bond donors (Lipinski definition) is 1. The van der Waals surface area contributed by atoms with Gasteiger partial charge in [0.15, 0.2) is 0 Å². The predicted octanol–water partition coefficient (Wildman–Crippen LogP) is 4.27. The van der Waals surface area contributed by atoms with E-state index in [1.807, 2.05) is 24.3 Å². The Morgan fingerprint density at radius 1 is 1.26 bits per heavy atom. The van der Waals surface area contributed by atoms with Crippen molar-refractivity contribution in [2.45, 2.75) is 13.5 Å². The molecule has 5 heteroatoms. The molecule has 2 heterocycles. The number of benzene rings is 1. The van der Waals surface area contributed by atoms with Gasteiger partial charge >= 0.3 is 0 Å². The van der Waals surface area contributed by atoms with E-state index in [4.69, 9.17) is 11.6 Å². The Labute approximate surface area is 120 Å². The number of anilines is 1. The lowest BCUT2D eigenvalue weighted by atomic mass is 10.2. The fraction of sp³-hybridized carbons (Fsp3) is 0.143. The summed E-state index contributed by atoms with van der Waals surface area (Å²) in [5.41, 5.74) is 1.06. The Morgan fingerprint density at radius 2 is 2.11 bits per heavy atom. The van der Waals surface area contributed by atoms with Crippen LogP contribution in [0.3, 0.4) is 0 Å². The van der Waals surface area contributed by atoms with E-state index in [1.165, 1.54) is 4.88 Å². The normalized spacial score (nSPS) is 10.8. The van der Waals surface area contributed by atoms with E-state index < -0.39 is 0 Å². The summed E-state index contributed by atoms with van der Waals surface area (Å²) in [6, 6.07) is 9.91. The molecule has 3 rings (SSSR count). The summed E-state index contributed by atoms with van der Waals surface area (Å²) < 4.78 is 0. The monoisotopic (exact) mass is 289 g/mol. The Bertz CT molecular complexity index is 724. The highest BCUT2D eigenvalue weighted by Gasteiger charge is 2.07. The van der Waals surface area contributed by atoms with Gasteiger partial charge in [0.2, 0.25) is 0 Å². The zero-order valence-electron chi connectivity index (χ0n) is 10.4. The van der Waals surface area contributed by atoms with Crippen LogP contribution in [0, 0.1) is 6.92 Å². The quantitative estimate of drug-likeness (QED) is 0.782. The van der Waals surface area contributed by atoms with Gasteiger partial charge in [-0.15, -0.1) is 11.3 Å². The van der Waals surface area contributed by atoms with Gasteiger partial charge in [-0.2, -0.15) is 0 Å². The number of fused-ring (bicyclic) bond motifs is 1. The minimum atomic E-state index is 0.653. The van der Waals surface area contributed by atoms with E-state index in [0.29, 0.717) is 6.54 Å². The van der Waals surface area contributed by atoms with Crippen molar-refractivity contribution >= 4 is 39.0 Å². The Hall–Kier alpha value is -1.65. The molecule has 0 unspecified atom stereocenters. The van der Waals surface area contributed by atoms with E-state index in [2.05, 4.69) is 28.3 Å². The minimum Gasteiger partial charge on any atom is -0.365 e. The van der Waals surface area contributed by atoms with Crippen LogP contribution in [0.1, 0.15) is 10.4 Å². The smallest absolute Gasteiger partial charge is 0.138 e. The number of thiophene rings is 1. The van der Waals surface area contributed by atoms with Crippen LogP contribution >= 0.6 is 22.9 Å². The zero-order chi connectivity index (χ0) is 13.2. The van der Waals surface area contributed by atoms with Crippen molar-refractivity contribution in [1.29, 1.82) is 0 Å². The first-order valence-corrected chi connectivity index (χ1v) is 7.12. The number of halogens is 1. The predicted molar refractivity (Wildman–Crippen MR) is 80.9 cm³/mol. The molecule has 0 fully saturated rings. The lowest BCUT2D eigenvalue weighted by molar-refractivity contribution is 1.11. The fourth-order valence-electron chi connectivity index (χ4n) is 1.94. The van der Waals surface area contributed by atoms with Gasteiger partial charge in [-0.1, -0.05) is 29.8 Å². The van der Waals surface area contributed by atoms with Crippen LogP contribution in [0.5, 0.6) is 0 Å². The highest BCUT2D eigenvalue weighted by atomic mass is 35.5. The maximum Gasteiger partial charge on any atom is 0.138 e. The van der Waals surface area contributed by atoms with Gasteiger partial charge in [0.25, 0.3) is 0 Å². The molecule has 0 aliphatic heterocycles. The van der Waals surface area contributed by atoms with Crippen molar-refractivity contribution in [3.63, 3.8) is 0 Å². The molecule has 19 heavy (non-hydrogen) atoms. The van der Waals surface area contributed by atoms with Gasteiger partial charge < -0.3 is 5.32 Å². The largest absolute Gasteiger partial charge is 0.365 e. The summed E-state index contributed by atoms with van der Waals surface area (Å²) in [6.07, 6.45) is 1.59. The van der Waals surface area contributed by atoms with Gasteiger partial charge in [-0.05, 0) is 24.6 Å². The molecule has 0 saturated carbocycles.